The third kappa shape index (κ3) is 3.68. The SMILES string of the molecule is Cc1cc2nc(NC[C@H](O)COc3ccc(F)cc3)c3ccccc3n2n1. The highest BCUT2D eigenvalue weighted by atomic mass is 19.1. The lowest BCUT2D eigenvalue weighted by molar-refractivity contribution is 0.117. The number of hydrogen-bond donors (Lipinski definition) is 2. The van der Waals surface area contributed by atoms with E-state index in [1.807, 2.05) is 41.8 Å². The smallest absolute Gasteiger partial charge is 0.158 e. The molecule has 27 heavy (non-hydrogen) atoms. The highest BCUT2D eigenvalue weighted by Crippen LogP contribution is 2.23. The summed E-state index contributed by atoms with van der Waals surface area (Å²) >= 11 is 0. The Morgan fingerprint density at radius 1 is 1.19 bits per heavy atom. The van der Waals surface area contributed by atoms with Crippen molar-refractivity contribution in [3.63, 3.8) is 0 Å². The fraction of sp³-hybridized carbons (Fsp3) is 0.200. The van der Waals surface area contributed by atoms with E-state index in [1.165, 1.54) is 24.3 Å². The molecule has 0 amide bonds. The summed E-state index contributed by atoms with van der Waals surface area (Å²) in [4.78, 5) is 4.62. The molecule has 0 fully saturated rings. The Balaban J connectivity index is 1.48. The van der Waals surface area contributed by atoms with Crippen LogP contribution in [0.25, 0.3) is 16.6 Å². The van der Waals surface area contributed by atoms with E-state index in [4.69, 9.17) is 4.74 Å². The maximum Gasteiger partial charge on any atom is 0.158 e. The zero-order valence-electron chi connectivity index (χ0n) is 14.8. The maximum atomic E-state index is 12.9. The fourth-order valence-electron chi connectivity index (χ4n) is 2.91. The van der Waals surface area contributed by atoms with Crippen LogP contribution in [0.2, 0.25) is 0 Å². The van der Waals surface area contributed by atoms with E-state index in [9.17, 15) is 9.50 Å². The van der Waals surface area contributed by atoms with Crippen molar-refractivity contribution >= 4 is 22.4 Å². The van der Waals surface area contributed by atoms with Gasteiger partial charge in [-0.2, -0.15) is 5.10 Å². The number of aliphatic hydroxyl groups is 1. The van der Waals surface area contributed by atoms with Gasteiger partial charge in [0, 0.05) is 18.0 Å². The number of ether oxygens (including phenoxy) is 1. The standard InChI is InChI=1S/C20H19FN4O2/c1-13-10-19-23-20(17-4-2-3-5-18(17)25(19)24-13)22-11-15(26)12-27-16-8-6-14(21)7-9-16/h2-10,15,26H,11-12H2,1H3,(H,22,23)/t15-/m0/s1. The molecule has 0 bridgehead atoms. The molecule has 4 rings (SSSR count). The summed E-state index contributed by atoms with van der Waals surface area (Å²) in [5.41, 5.74) is 2.57. The molecule has 7 heteroatoms. The Hall–Kier alpha value is -3.19. The van der Waals surface area contributed by atoms with Crippen LogP contribution in [-0.4, -0.2) is 39.0 Å². The number of aromatic nitrogens is 3. The first-order valence-corrected chi connectivity index (χ1v) is 8.65. The van der Waals surface area contributed by atoms with Gasteiger partial charge >= 0.3 is 0 Å². The number of anilines is 1. The largest absolute Gasteiger partial charge is 0.491 e. The Morgan fingerprint density at radius 2 is 1.96 bits per heavy atom. The van der Waals surface area contributed by atoms with Crippen LogP contribution in [0.3, 0.4) is 0 Å². The number of halogens is 1. The summed E-state index contributed by atoms with van der Waals surface area (Å²) in [6.07, 6.45) is -0.751. The zero-order chi connectivity index (χ0) is 18.8. The van der Waals surface area contributed by atoms with Crippen LogP contribution in [0.15, 0.2) is 54.6 Å². The van der Waals surface area contributed by atoms with Crippen molar-refractivity contribution in [3.8, 4) is 5.75 Å². The predicted molar refractivity (Wildman–Crippen MR) is 102 cm³/mol. The average molecular weight is 366 g/mol. The minimum atomic E-state index is -0.751. The first kappa shape index (κ1) is 17.2. The number of nitrogens with one attached hydrogen (secondary N) is 1. The monoisotopic (exact) mass is 366 g/mol. The van der Waals surface area contributed by atoms with Crippen molar-refractivity contribution < 1.29 is 14.2 Å². The molecule has 138 valence electrons. The molecule has 0 radical (unpaired) electrons. The normalized spacial score (nSPS) is 12.4. The van der Waals surface area contributed by atoms with Crippen molar-refractivity contribution in [1.29, 1.82) is 0 Å². The molecule has 0 aliphatic heterocycles. The minimum absolute atomic E-state index is 0.0879. The number of rotatable bonds is 6. The van der Waals surface area contributed by atoms with Crippen LogP contribution in [-0.2, 0) is 0 Å². The second-order valence-electron chi connectivity index (χ2n) is 6.33. The fourth-order valence-corrected chi connectivity index (χ4v) is 2.91. The highest BCUT2D eigenvalue weighted by molar-refractivity contribution is 5.91. The van der Waals surface area contributed by atoms with Gasteiger partial charge in [-0.15, -0.1) is 0 Å². The second kappa shape index (κ2) is 7.20. The third-order valence-corrected chi connectivity index (χ3v) is 4.19. The molecule has 2 aromatic heterocycles. The quantitative estimate of drug-likeness (QED) is 0.548. The predicted octanol–water partition coefficient (Wildman–Crippen LogP) is 3.18. The summed E-state index contributed by atoms with van der Waals surface area (Å²) < 4.78 is 20.2. The average Bonchev–Trinajstić information content (AvgIpc) is 3.06. The first-order chi connectivity index (χ1) is 13.1. The number of aryl methyl sites for hydroxylation is 1. The van der Waals surface area contributed by atoms with E-state index in [0.717, 1.165) is 22.2 Å². The molecular formula is C20H19FN4O2. The lowest BCUT2D eigenvalue weighted by Crippen LogP contribution is -2.26. The van der Waals surface area contributed by atoms with Crippen LogP contribution < -0.4 is 10.1 Å². The van der Waals surface area contributed by atoms with Gasteiger partial charge in [0.1, 0.15) is 30.1 Å². The number of fused-ring (bicyclic) bond motifs is 3. The number of para-hydroxylation sites is 1. The van der Waals surface area contributed by atoms with Gasteiger partial charge in [0.25, 0.3) is 0 Å². The molecule has 0 saturated heterocycles. The highest BCUT2D eigenvalue weighted by Gasteiger charge is 2.12. The third-order valence-electron chi connectivity index (χ3n) is 4.19. The molecule has 2 N–H and O–H groups in total. The van der Waals surface area contributed by atoms with Crippen LogP contribution >= 0.6 is 0 Å². The topological polar surface area (TPSA) is 71.7 Å². The van der Waals surface area contributed by atoms with Gasteiger partial charge < -0.3 is 15.2 Å². The zero-order valence-corrected chi connectivity index (χ0v) is 14.8. The first-order valence-electron chi connectivity index (χ1n) is 8.65. The molecule has 4 aromatic rings. The Labute approximate surface area is 155 Å². The van der Waals surface area contributed by atoms with E-state index in [2.05, 4.69) is 15.4 Å². The molecule has 2 aromatic carbocycles. The van der Waals surface area contributed by atoms with Gasteiger partial charge in [-0.25, -0.2) is 13.9 Å². The molecule has 0 spiro atoms. The van der Waals surface area contributed by atoms with Crippen molar-refractivity contribution in [1.82, 2.24) is 14.6 Å². The summed E-state index contributed by atoms with van der Waals surface area (Å²) in [5, 5.41) is 18.8. The van der Waals surface area contributed by atoms with Crippen LogP contribution in [0, 0.1) is 12.7 Å². The molecule has 6 nitrogen and oxygen atoms in total. The molecule has 0 unspecified atom stereocenters. The van der Waals surface area contributed by atoms with Gasteiger partial charge in [-0.1, -0.05) is 12.1 Å². The van der Waals surface area contributed by atoms with E-state index in [1.54, 1.807) is 0 Å². The van der Waals surface area contributed by atoms with E-state index in [0.29, 0.717) is 11.6 Å². The van der Waals surface area contributed by atoms with Crippen molar-refractivity contribution in [2.45, 2.75) is 13.0 Å². The molecule has 1 atom stereocenters. The maximum absolute atomic E-state index is 12.9. The van der Waals surface area contributed by atoms with Gasteiger partial charge in [-0.05, 0) is 43.3 Å². The van der Waals surface area contributed by atoms with E-state index in [-0.39, 0.29) is 19.0 Å². The lowest BCUT2D eigenvalue weighted by atomic mass is 10.2. The Kier molecular flexibility index (Phi) is 4.60. The molecule has 0 aliphatic carbocycles. The molecule has 2 heterocycles. The number of aliphatic hydroxyl groups excluding tert-OH is 1. The van der Waals surface area contributed by atoms with Crippen molar-refractivity contribution in [3.05, 3.63) is 66.1 Å². The van der Waals surface area contributed by atoms with Crippen LogP contribution in [0.5, 0.6) is 5.75 Å². The van der Waals surface area contributed by atoms with E-state index < -0.39 is 6.10 Å². The van der Waals surface area contributed by atoms with Crippen molar-refractivity contribution in [2.24, 2.45) is 0 Å². The Morgan fingerprint density at radius 3 is 2.78 bits per heavy atom. The summed E-state index contributed by atoms with van der Waals surface area (Å²) in [6, 6.07) is 15.4. The summed E-state index contributed by atoms with van der Waals surface area (Å²) in [5.74, 6) is 0.863. The van der Waals surface area contributed by atoms with Gasteiger partial charge in [0.05, 0.1) is 11.2 Å². The lowest BCUT2D eigenvalue weighted by Gasteiger charge is -2.15. The number of hydrogen-bond acceptors (Lipinski definition) is 5. The van der Waals surface area contributed by atoms with Gasteiger partial charge in [-0.3, -0.25) is 0 Å². The second-order valence-corrected chi connectivity index (χ2v) is 6.33. The molecular weight excluding hydrogens is 347 g/mol. The number of nitrogens with zero attached hydrogens (tertiary/aromatic N) is 3. The Bertz CT molecular complexity index is 1080. The van der Waals surface area contributed by atoms with Gasteiger partial charge in [0.2, 0.25) is 0 Å². The summed E-state index contributed by atoms with van der Waals surface area (Å²) in [7, 11) is 0. The summed E-state index contributed by atoms with van der Waals surface area (Å²) in [6.45, 7) is 2.28. The minimum Gasteiger partial charge on any atom is -0.491 e. The molecule has 0 aliphatic rings. The van der Waals surface area contributed by atoms with Gasteiger partial charge in [0.15, 0.2) is 5.65 Å². The van der Waals surface area contributed by atoms with E-state index >= 15 is 0 Å². The van der Waals surface area contributed by atoms with Crippen LogP contribution in [0.4, 0.5) is 10.2 Å². The van der Waals surface area contributed by atoms with Crippen LogP contribution in [0.1, 0.15) is 5.69 Å². The molecule has 0 saturated carbocycles. The van der Waals surface area contributed by atoms with Crippen molar-refractivity contribution in [2.75, 3.05) is 18.5 Å². The number of benzene rings is 2.